The van der Waals surface area contributed by atoms with Gasteiger partial charge < -0.3 is 15.2 Å². The van der Waals surface area contributed by atoms with Crippen LogP contribution in [0.4, 0.5) is 0 Å². The van der Waals surface area contributed by atoms with E-state index in [1.165, 1.54) is 11.3 Å². The Kier molecular flexibility index (Phi) is 6.37. The molecule has 0 spiro atoms. The average Bonchev–Trinajstić information content (AvgIpc) is 3.54. The van der Waals surface area contributed by atoms with Crippen LogP contribution in [-0.4, -0.2) is 38.4 Å². The molecule has 1 unspecified atom stereocenters. The number of amides is 2. The lowest BCUT2D eigenvalue weighted by Crippen LogP contribution is -2.39. The molecule has 0 aliphatic rings. The van der Waals surface area contributed by atoms with Crippen molar-refractivity contribution in [2.24, 2.45) is 7.05 Å². The van der Waals surface area contributed by atoms with E-state index < -0.39 is 0 Å². The summed E-state index contributed by atoms with van der Waals surface area (Å²) in [7, 11) is 1.97. The van der Waals surface area contributed by atoms with E-state index in [9.17, 15) is 9.59 Å². The summed E-state index contributed by atoms with van der Waals surface area (Å²) in [5.74, 6) is -0.270. The summed E-state index contributed by atoms with van der Waals surface area (Å²) in [5, 5.41) is 9.07. The molecule has 0 radical (unpaired) electrons. The van der Waals surface area contributed by atoms with Gasteiger partial charge in [0.2, 0.25) is 0 Å². The number of benzene rings is 2. The van der Waals surface area contributed by atoms with Crippen LogP contribution >= 0.6 is 11.3 Å². The van der Waals surface area contributed by atoms with Crippen LogP contribution in [0, 0.1) is 6.92 Å². The highest BCUT2D eigenvalue weighted by atomic mass is 32.1. The number of aryl methyl sites for hydroxylation is 2. The van der Waals surface area contributed by atoms with Crippen molar-refractivity contribution in [3.63, 3.8) is 0 Å². The highest BCUT2D eigenvalue weighted by Crippen LogP contribution is 2.20. The standard InChI is InChI=1S/C27H27N5O2S/c1-18-24(32-15-16-35-27(32)29-18)26(34)28-13-11-20(17-19-7-4-3-5-8-19)30-25(33)22-9-6-10-23-21(22)12-14-31(23)2/h3-10,12,14-16,20H,11,13,17H2,1-2H3,(H,28,34)(H,30,33). The molecule has 0 aliphatic carbocycles. The van der Waals surface area contributed by atoms with Crippen molar-refractivity contribution >= 4 is 39.0 Å². The summed E-state index contributed by atoms with van der Waals surface area (Å²) in [5.41, 5.74) is 4.06. The van der Waals surface area contributed by atoms with Crippen LogP contribution in [0.3, 0.4) is 0 Å². The van der Waals surface area contributed by atoms with E-state index in [-0.39, 0.29) is 17.9 Å². The predicted molar refractivity (Wildman–Crippen MR) is 139 cm³/mol. The monoisotopic (exact) mass is 485 g/mol. The highest BCUT2D eigenvalue weighted by Gasteiger charge is 2.20. The zero-order valence-corrected chi connectivity index (χ0v) is 20.5. The van der Waals surface area contributed by atoms with Crippen LogP contribution in [0.1, 0.15) is 38.5 Å². The Labute approximate surface area is 207 Å². The molecule has 8 heteroatoms. The predicted octanol–water partition coefficient (Wildman–Crippen LogP) is 4.36. The lowest BCUT2D eigenvalue weighted by atomic mass is 10.0. The van der Waals surface area contributed by atoms with Gasteiger partial charge in [-0.2, -0.15) is 0 Å². The van der Waals surface area contributed by atoms with Gasteiger partial charge in [-0.15, -0.1) is 11.3 Å². The second-order valence-electron chi connectivity index (χ2n) is 8.67. The van der Waals surface area contributed by atoms with E-state index in [0.717, 1.165) is 21.4 Å². The maximum atomic E-state index is 13.3. The minimum Gasteiger partial charge on any atom is -0.351 e. The number of imidazole rings is 1. The van der Waals surface area contributed by atoms with Gasteiger partial charge in [-0.1, -0.05) is 36.4 Å². The van der Waals surface area contributed by atoms with Crippen LogP contribution in [-0.2, 0) is 13.5 Å². The Morgan fingerprint density at radius 3 is 2.69 bits per heavy atom. The lowest BCUT2D eigenvalue weighted by molar-refractivity contribution is 0.0934. The molecule has 178 valence electrons. The normalized spacial score (nSPS) is 12.2. The number of thiazole rings is 1. The van der Waals surface area contributed by atoms with E-state index >= 15 is 0 Å². The summed E-state index contributed by atoms with van der Waals surface area (Å²) < 4.78 is 3.82. The first-order chi connectivity index (χ1) is 17.0. The van der Waals surface area contributed by atoms with E-state index in [4.69, 9.17) is 0 Å². The van der Waals surface area contributed by atoms with Gasteiger partial charge in [0.25, 0.3) is 11.8 Å². The molecule has 0 saturated carbocycles. The van der Waals surface area contributed by atoms with Gasteiger partial charge in [0, 0.05) is 53.9 Å². The maximum Gasteiger partial charge on any atom is 0.270 e. The minimum atomic E-state index is -0.160. The second-order valence-corrected chi connectivity index (χ2v) is 9.54. The van der Waals surface area contributed by atoms with Crippen LogP contribution < -0.4 is 10.6 Å². The van der Waals surface area contributed by atoms with Crippen molar-refractivity contribution in [3.05, 3.63) is 94.9 Å². The Morgan fingerprint density at radius 1 is 1.03 bits per heavy atom. The van der Waals surface area contributed by atoms with Gasteiger partial charge in [0.1, 0.15) is 5.69 Å². The maximum absolute atomic E-state index is 13.3. The van der Waals surface area contributed by atoms with Crippen molar-refractivity contribution in [3.8, 4) is 0 Å². The van der Waals surface area contributed by atoms with Gasteiger partial charge in [0.05, 0.1) is 5.69 Å². The number of nitrogens with one attached hydrogen (secondary N) is 2. The second kappa shape index (κ2) is 9.76. The molecule has 0 aliphatic heterocycles. The number of fused-ring (bicyclic) bond motifs is 2. The number of hydrogen-bond acceptors (Lipinski definition) is 4. The van der Waals surface area contributed by atoms with Crippen molar-refractivity contribution in [2.45, 2.75) is 25.8 Å². The van der Waals surface area contributed by atoms with Gasteiger partial charge in [-0.05, 0) is 43.5 Å². The van der Waals surface area contributed by atoms with Crippen molar-refractivity contribution < 1.29 is 9.59 Å². The zero-order valence-electron chi connectivity index (χ0n) is 19.7. The SMILES string of the molecule is Cc1nc2sccn2c1C(=O)NCCC(Cc1ccccc1)NC(=O)c1cccc2c1ccn2C. The molecule has 5 aromatic rings. The van der Waals surface area contributed by atoms with Gasteiger partial charge >= 0.3 is 0 Å². The quantitative estimate of drug-likeness (QED) is 0.343. The molecule has 3 heterocycles. The minimum absolute atomic E-state index is 0.110. The molecular weight excluding hydrogens is 458 g/mol. The summed E-state index contributed by atoms with van der Waals surface area (Å²) in [6, 6.07) is 17.7. The largest absolute Gasteiger partial charge is 0.351 e. The molecule has 3 aromatic heterocycles. The van der Waals surface area contributed by atoms with E-state index in [1.807, 2.05) is 83.2 Å². The first kappa shape index (κ1) is 22.9. The summed E-state index contributed by atoms with van der Waals surface area (Å²) >= 11 is 1.50. The highest BCUT2D eigenvalue weighted by molar-refractivity contribution is 7.15. The van der Waals surface area contributed by atoms with Crippen LogP contribution in [0.2, 0.25) is 0 Å². The molecule has 1 atom stereocenters. The van der Waals surface area contributed by atoms with Crippen molar-refractivity contribution in [1.29, 1.82) is 0 Å². The molecule has 2 N–H and O–H groups in total. The Morgan fingerprint density at radius 2 is 1.86 bits per heavy atom. The molecule has 0 bridgehead atoms. The molecule has 7 nitrogen and oxygen atoms in total. The summed E-state index contributed by atoms with van der Waals surface area (Å²) in [6.07, 6.45) is 5.09. The number of hydrogen-bond donors (Lipinski definition) is 2. The Bertz CT molecular complexity index is 1500. The smallest absolute Gasteiger partial charge is 0.270 e. The molecule has 2 aromatic carbocycles. The van der Waals surface area contributed by atoms with Crippen LogP contribution in [0.15, 0.2) is 72.4 Å². The molecule has 0 saturated heterocycles. The van der Waals surface area contributed by atoms with Gasteiger partial charge in [0.15, 0.2) is 4.96 Å². The van der Waals surface area contributed by atoms with Crippen molar-refractivity contribution in [2.75, 3.05) is 6.54 Å². The van der Waals surface area contributed by atoms with Crippen LogP contribution in [0.25, 0.3) is 15.9 Å². The first-order valence-electron chi connectivity index (χ1n) is 11.6. The summed E-state index contributed by atoms with van der Waals surface area (Å²) in [4.78, 5) is 31.5. The Hall–Kier alpha value is -3.91. The third kappa shape index (κ3) is 4.70. The fourth-order valence-electron chi connectivity index (χ4n) is 4.50. The molecule has 35 heavy (non-hydrogen) atoms. The topological polar surface area (TPSA) is 80.4 Å². The van der Waals surface area contributed by atoms with Gasteiger partial charge in [-0.3, -0.25) is 14.0 Å². The average molecular weight is 486 g/mol. The number of nitrogens with zero attached hydrogens (tertiary/aromatic N) is 3. The van der Waals surface area contributed by atoms with Crippen LogP contribution in [0.5, 0.6) is 0 Å². The number of carbonyl (C=O) groups is 2. The molecular formula is C27H27N5O2S. The fraction of sp³-hybridized carbons (Fsp3) is 0.222. The summed E-state index contributed by atoms with van der Waals surface area (Å²) in [6.45, 7) is 2.28. The molecule has 0 fully saturated rings. The zero-order chi connectivity index (χ0) is 24.4. The van der Waals surface area contributed by atoms with E-state index in [2.05, 4.69) is 27.8 Å². The van der Waals surface area contributed by atoms with E-state index in [1.54, 1.807) is 0 Å². The van der Waals surface area contributed by atoms with Crippen molar-refractivity contribution in [1.82, 2.24) is 24.6 Å². The number of aromatic nitrogens is 3. The number of rotatable bonds is 8. The lowest BCUT2D eigenvalue weighted by Gasteiger charge is -2.20. The third-order valence-electron chi connectivity index (χ3n) is 6.26. The number of carbonyl (C=O) groups excluding carboxylic acids is 2. The molecule has 2 amide bonds. The van der Waals surface area contributed by atoms with E-state index in [0.29, 0.717) is 36.3 Å². The van der Waals surface area contributed by atoms with Gasteiger partial charge in [-0.25, -0.2) is 4.98 Å². The third-order valence-corrected chi connectivity index (χ3v) is 7.02. The Balaban J connectivity index is 1.30. The first-order valence-corrected chi connectivity index (χ1v) is 12.5. The molecule has 5 rings (SSSR count). The fourth-order valence-corrected chi connectivity index (χ4v) is 5.26.